The lowest BCUT2D eigenvalue weighted by molar-refractivity contribution is -0.388. The highest BCUT2D eigenvalue weighted by molar-refractivity contribution is 5.71. The molecule has 0 aliphatic rings. The second-order valence-electron chi connectivity index (χ2n) is 3.36. The predicted molar refractivity (Wildman–Crippen MR) is 50.8 cm³/mol. The molecule has 1 aromatic heterocycles. The van der Waals surface area contributed by atoms with Crippen molar-refractivity contribution in [3.8, 4) is 0 Å². The molecule has 1 rings (SSSR count). The number of nitro groups is 1. The van der Waals surface area contributed by atoms with Gasteiger partial charge in [-0.15, -0.1) is 0 Å². The Morgan fingerprint density at radius 3 is 2.50 bits per heavy atom. The highest BCUT2D eigenvalue weighted by atomic mass is 19.4. The SMILES string of the molecule is CC[C@@H](C(=O)O)n1cc([N+](=O)[O-])c(C(F)(F)F)n1. The van der Waals surface area contributed by atoms with E-state index in [2.05, 4.69) is 5.10 Å². The van der Waals surface area contributed by atoms with Gasteiger partial charge in [0.1, 0.15) is 12.2 Å². The quantitative estimate of drug-likeness (QED) is 0.663. The molecule has 1 aromatic rings. The first-order valence-electron chi connectivity index (χ1n) is 4.72. The lowest BCUT2D eigenvalue weighted by atomic mass is 10.2. The Kier molecular flexibility index (Phi) is 3.58. The molecule has 0 aliphatic carbocycles. The maximum Gasteiger partial charge on any atom is 0.442 e. The summed E-state index contributed by atoms with van der Waals surface area (Å²) in [5.41, 5.74) is -2.96. The van der Waals surface area contributed by atoms with E-state index in [-0.39, 0.29) is 6.42 Å². The zero-order valence-electron chi connectivity index (χ0n) is 9.01. The lowest BCUT2D eigenvalue weighted by Crippen LogP contribution is -2.19. The van der Waals surface area contributed by atoms with Crippen molar-refractivity contribution in [3.63, 3.8) is 0 Å². The van der Waals surface area contributed by atoms with E-state index in [1.54, 1.807) is 0 Å². The van der Waals surface area contributed by atoms with E-state index in [0.717, 1.165) is 0 Å². The van der Waals surface area contributed by atoms with E-state index in [9.17, 15) is 28.1 Å². The van der Waals surface area contributed by atoms with Crippen molar-refractivity contribution < 1.29 is 28.0 Å². The van der Waals surface area contributed by atoms with Crippen LogP contribution in [0, 0.1) is 10.1 Å². The van der Waals surface area contributed by atoms with Gasteiger partial charge in [0.2, 0.25) is 5.69 Å². The topological polar surface area (TPSA) is 98.3 Å². The van der Waals surface area contributed by atoms with E-state index < -0.39 is 34.5 Å². The zero-order valence-corrected chi connectivity index (χ0v) is 9.01. The lowest BCUT2D eigenvalue weighted by Gasteiger charge is -2.09. The Labute approximate surface area is 98.0 Å². The Morgan fingerprint density at radius 1 is 1.67 bits per heavy atom. The Bertz CT molecular complexity index is 482. The Balaban J connectivity index is 3.34. The van der Waals surface area contributed by atoms with E-state index in [4.69, 9.17) is 5.11 Å². The minimum Gasteiger partial charge on any atom is -0.480 e. The number of halogens is 3. The second kappa shape index (κ2) is 4.63. The fourth-order valence-corrected chi connectivity index (χ4v) is 1.35. The van der Waals surface area contributed by atoms with Crippen molar-refractivity contribution in [1.82, 2.24) is 9.78 Å². The summed E-state index contributed by atoms with van der Waals surface area (Å²) in [6.07, 6.45) is -4.58. The fourth-order valence-electron chi connectivity index (χ4n) is 1.35. The van der Waals surface area contributed by atoms with Crippen LogP contribution in [0.4, 0.5) is 18.9 Å². The van der Waals surface area contributed by atoms with Gasteiger partial charge < -0.3 is 5.11 Å². The minimum atomic E-state index is -5.01. The van der Waals surface area contributed by atoms with Crippen LogP contribution >= 0.6 is 0 Å². The molecule has 0 spiro atoms. The van der Waals surface area contributed by atoms with Crippen LogP contribution in [-0.4, -0.2) is 25.8 Å². The number of carboxylic acid groups (broad SMARTS) is 1. The van der Waals surface area contributed by atoms with Gasteiger partial charge in [-0.2, -0.15) is 18.3 Å². The predicted octanol–water partition coefficient (Wildman–Crippen LogP) is 1.85. The highest BCUT2D eigenvalue weighted by Crippen LogP contribution is 2.35. The normalized spacial score (nSPS) is 13.3. The number of hydrogen-bond donors (Lipinski definition) is 1. The van der Waals surface area contributed by atoms with Crippen LogP contribution in [0.2, 0.25) is 0 Å². The fraction of sp³-hybridized carbons (Fsp3) is 0.500. The molecule has 0 amide bonds. The molecule has 0 unspecified atom stereocenters. The molecule has 0 aromatic carbocycles. The summed E-state index contributed by atoms with van der Waals surface area (Å²) in [7, 11) is 0. The molecule has 0 bridgehead atoms. The molecule has 10 heteroatoms. The van der Waals surface area contributed by atoms with Gasteiger partial charge in [-0.1, -0.05) is 6.92 Å². The van der Waals surface area contributed by atoms with Crippen molar-refractivity contribution in [2.75, 3.05) is 0 Å². The number of alkyl halides is 3. The summed E-state index contributed by atoms with van der Waals surface area (Å²) in [4.78, 5) is 20.0. The first-order valence-corrected chi connectivity index (χ1v) is 4.72. The van der Waals surface area contributed by atoms with Crippen molar-refractivity contribution >= 4 is 11.7 Å². The number of carbonyl (C=O) groups is 1. The summed E-state index contributed by atoms with van der Waals surface area (Å²) in [6.45, 7) is 1.42. The van der Waals surface area contributed by atoms with Gasteiger partial charge in [0.25, 0.3) is 0 Å². The van der Waals surface area contributed by atoms with Crippen molar-refractivity contribution in [1.29, 1.82) is 0 Å². The molecule has 1 atom stereocenters. The third-order valence-electron chi connectivity index (χ3n) is 2.17. The van der Waals surface area contributed by atoms with Crippen molar-refractivity contribution in [3.05, 3.63) is 22.0 Å². The summed E-state index contributed by atoms with van der Waals surface area (Å²) in [5.74, 6) is -1.41. The van der Waals surface area contributed by atoms with Crippen LogP contribution in [0.5, 0.6) is 0 Å². The van der Waals surface area contributed by atoms with Crippen LogP contribution in [0.3, 0.4) is 0 Å². The van der Waals surface area contributed by atoms with Gasteiger partial charge in [-0.05, 0) is 6.42 Å². The average molecular weight is 267 g/mol. The van der Waals surface area contributed by atoms with Crippen LogP contribution in [0.25, 0.3) is 0 Å². The number of carboxylic acids is 1. The third-order valence-corrected chi connectivity index (χ3v) is 2.17. The third kappa shape index (κ3) is 2.57. The number of nitrogens with zero attached hydrogens (tertiary/aromatic N) is 3. The van der Waals surface area contributed by atoms with Gasteiger partial charge in [-0.25, -0.2) is 4.79 Å². The smallest absolute Gasteiger partial charge is 0.442 e. The van der Waals surface area contributed by atoms with E-state index in [1.165, 1.54) is 6.92 Å². The largest absolute Gasteiger partial charge is 0.480 e. The molecule has 0 aliphatic heterocycles. The van der Waals surface area contributed by atoms with E-state index in [1.807, 2.05) is 0 Å². The monoisotopic (exact) mass is 267 g/mol. The van der Waals surface area contributed by atoms with Crippen LogP contribution in [0.1, 0.15) is 25.1 Å². The highest BCUT2D eigenvalue weighted by Gasteiger charge is 2.43. The molecule has 0 saturated carbocycles. The van der Waals surface area contributed by atoms with Gasteiger partial charge in [0.05, 0.1) is 4.92 Å². The summed E-state index contributed by atoms with van der Waals surface area (Å²) >= 11 is 0. The summed E-state index contributed by atoms with van der Waals surface area (Å²) < 4.78 is 37.8. The van der Waals surface area contributed by atoms with Gasteiger partial charge >= 0.3 is 17.8 Å². The van der Waals surface area contributed by atoms with Crippen LogP contribution in [-0.2, 0) is 11.0 Å². The molecule has 0 radical (unpaired) electrons. The molecular weight excluding hydrogens is 259 g/mol. The van der Waals surface area contributed by atoms with Crippen LogP contribution in [0.15, 0.2) is 6.20 Å². The van der Waals surface area contributed by atoms with Crippen LogP contribution < -0.4 is 0 Å². The Hall–Kier alpha value is -2.13. The first-order chi connectivity index (χ1) is 8.18. The Morgan fingerprint density at radius 2 is 2.22 bits per heavy atom. The van der Waals surface area contributed by atoms with Crippen molar-refractivity contribution in [2.45, 2.75) is 25.6 Å². The molecule has 100 valence electrons. The van der Waals surface area contributed by atoms with Gasteiger partial charge in [0.15, 0.2) is 0 Å². The molecular formula is C8H8F3N3O4. The second-order valence-corrected chi connectivity index (χ2v) is 3.36. The maximum absolute atomic E-state index is 12.5. The maximum atomic E-state index is 12.5. The van der Waals surface area contributed by atoms with Gasteiger partial charge in [0, 0.05) is 0 Å². The molecule has 7 nitrogen and oxygen atoms in total. The molecule has 1 heterocycles. The number of aromatic nitrogens is 2. The number of aliphatic carboxylic acids is 1. The first kappa shape index (κ1) is 13.9. The molecule has 0 fully saturated rings. The molecule has 0 saturated heterocycles. The van der Waals surface area contributed by atoms with E-state index >= 15 is 0 Å². The van der Waals surface area contributed by atoms with E-state index in [0.29, 0.717) is 10.9 Å². The standard InChI is InChI=1S/C8H8F3N3O4/c1-2-4(7(15)16)13-3-5(14(17)18)6(12-13)8(9,10)11/h3-4H,2H2,1H3,(H,15,16)/t4-/m0/s1. The number of rotatable bonds is 4. The minimum absolute atomic E-state index is 0.0501. The number of hydrogen-bond acceptors (Lipinski definition) is 4. The molecule has 18 heavy (non-hydrogen) atoms. The summed E-state index contributed by atoms with van der Waals surface area (Å²) in [6, 6.07) is -1.38. The van der Waals surface area contributed by atoms with Crippen molar-refractivity contribution in [2.24, 2.45) is 0 Å². The summed E-state index contributed by atoms with van der Waals surface area (Å²) in [5, 5.41) is 22.2. The average Bonchev–Trinajstić information content (AvgIpc) is 2.62. The molecule has 1 N–H and O–H groups in total. The zero-order chi connectivity index (χ0) is 14.1. The van der Waals surface area contributed by atoms with Gasteiger partial charge in [-0.3, -0.25) is 14.8 Å².